The van der Waals surface area contributed by atoms with E-state index in [1.165, 1.54) is 0 Å². The number of ether oxygens (including phenoxy) is 3. The Hall–Kier alpha value is -3.02. The Morgan fingerprint density at radius 2 is 1.81 bits per heavy atom. The zero-order valence-corrected chi connectivity index (χ0v) is 14.6. The van der Waals surface area contributed by atoms with Crippen LogP contribution in [0.1, 0.15) is 28.8 Å². The summed E-state index contributed by atoms with van der Waals surface area (Å²) in [7, 11) is 1.57. The van der Waals surface area contributed by atoms with E-state index in [4.69, 9.17) is 14.2 Å². The van der Waals surface area contributed by atoms with Crippen LogP contribution in [0, 0.1) is 0 Å². The first-order valence-corrected chi connectivity index (χ1v) is 8.48. The summed E-state index contributed by atoms with van der Waals surface area (Å²) >= 11 is 0. The van der Waals surface area contributed by atoms with Crippen molar-refractivity contribution in [3.63, 3.8) is 0 Å². The van der Waals surface area contributed by atoms with Gasteiger partial charge in [-0.1, -0.05) is 6.07 Å². The molecule has 6 nitrogen and oxygen atoms in total. The first-order chi connectivity index (χ1) is 12.7. The summed E-state index contributed by atoms with van der Waals surface area (Å²) in [6.45, 7) is 0.757. The van der Waals surface area contributed by atoms with Gasteiger partial charge in [0.2, 0.25) is 12.7 Å². The monoisotopic (exact) mass is 355 g/mol. The molecule has 0 spiro atoms. The van der Waals surface area contributed by atoms with Crippen LogP contribution in [0.4, 0.5) is 0 Å². The summed E-state index contributed by atoms with van der Waals surface area (Å²) in [6, 6.07) is 12.6. The lowest BCUT2D eigenvalue weighted by Crippen LogP contribution is -2.26. The molecule has 1 aliphatic rings. The zero-order valence-electron chi connectivity index (χ0n) is 14.6. The summed E-state index contributed by atoms with van der Waals surface area (Å²) in [6.07, 6.45) is 1.04. The first-order valence-electron chi connectivity index (χ1n) is 8.48. The summed E-state index contributed by atoms with van der Waals surface area (Å²) in [5, 5.41) is 2.84. The lowest BCUT2D eigenvalue weighted by molar-refractivity contribution is -0.121. The highest BCUT2D eigenvalue weighted by molar-refractivity contribution is 5.98. The maximum absolute atomic E-state index is 12.1. The zero-order chi connectivity index (χ0) is 18.4. The van der Waals surface area contributed by atoms with Gasteiger partial charge in [-0.05, 0) is 48.4 Å². The van der Waals surface area contributed by atoms with Gasteiger partial charge in [0.25, 0.3) is 0 Å². The average molecular weight is 355 g/mol. The van der Waals surface area contributed by atoms with Gasteiger partial charge in [0.05, 0.1) is 7.11 Å². The van der Waals surface area contributed by atoms with Crippen molar-refractivity contribution < 1.29 is 23.8 Å². The minimum Gasteiger partial charge on any atom is -0.497 e. The number of carbonyl (C=O) groups is 2. The highest BCUT2D eigenvalue weighted by Gasteiger charge is 2.13. The second-order valence-corrected chi connectivity index (χ2v) is 5.94. The predicted molar refractivity (Wildman–Crippen MR) is 95.8 cm³/mol. The molecule has 1 N–H and O–H groups in total. The smallest absolute Gasteiger partial charge is 0.231 e. The van der Waals surface area contributed by atoms with Crippen LogP contribution in [0.25, 0.3) is 0 Å². The molecule has 0 unspecified atom stereocenters. The topological polar surface area (TPSA) is 73.9 Å². The molecule has 1 heterocycles. The van der Waals surface area contributed by atoms with E-state index in [0.29, 0.717) is 24.3 Å². The lowest BCUT2D eigenvalue weighted by atomic mass is 10.1. The van der Waals surface area contributed by atoms with E-state index in [-0.39, 0.29) is 31.3 Å². The van der Waals surface area contributed by atoms with E-state index in [0.717, 1.165) is 17.1 Å². The van der Waals surface area contributed by atoms with Gasteiger partial charge in [0, 0.05) is 24.9 Å². The molecule has 3 rings (SSSR count). The summed E-state index contributed by atoms with van der Waals surface area (Å²) < 4.78 is 15.7. The van der Waals surface area contributed by atoms with Gasteiger partial charge in [-0.3, -0.25) is 9.59 Å². The molecule has 0 saturated heterocycles. The molecule has 26 heavy (non-hydrogen) atoms. The maximum Gasteiger partial charge on any atom is 0.231 e. The van der Waals surface area contributed by atoms with Crippen LogP contribution < -0.4 is 19.5 Å². The quantitative estimate of drug-likeness (QED) is 0.737. The Bertz CT molecular complexity index is 785. The minimum atomic E-state index is -0.132. The van der Waals surface area contributed by atoms with Gasteiger partial charge in [-0.25, -0.2) is 0 Å². The number of rotatable bonds is 8. The molecule has 2 aromatic rings. The van der Waals surface area contributed by atoms with Crippen LogP contribution >= 0.6 is 0 Å². The van der Waals surface area contributed by atoms with Crippen LogP contribution in [-0.2, 0) is 11.2 Å². The number of hydrogen-bond acceptors (Lipinski definition) is 5. The van der Waals surface area contributed by atoms with Gasteiger partial charge in [-0.15, -0.1) is 0 Å². The second-order valence-electron chi connectivity index (χ2n) is 5.94. The van der Waals surface area contributed by atoms with Crippen molar-refractivity contribution in [2.45, 2.75) is 19.3 Å². The van der Waals surface area contributed by atoms with Crippen LogP contribution in [0.3, 0.4) is 0 Å². The van der Waals surface area contributed by atoms with Gasteiger partial charge < -0.3 is 19.5 Å². The molecule has 0 atom stereocenters. The van der Waals surface area contributed by atoms with E-state index in [1.54, 1.807) is 31.4 Å². The third-order valence-electron chi connectivity index (χ3n) is 4.16. The fourth-order valence-electron chi connectivity index (χ4n) is 2.68. The first kappa shape index (κ1) is 17.8. The molecule has 0 radical (unpaired) electrons. The van der Waals surface area contributed by atoms with Crippen molar-refractivity contribution in [1.82, 2.24) is 5.32 Å². The maximum atomic E-state index is 12.1. The highest BCUT2D eigenvalue weighted by Crippen LogP contribution is 2.32. The third kappa shape index (κ3) is 4.53. The summed E-state index contributed by atoms with van der Waals surface area (Å²) in [5.74, 6) is 1.99. The molecule has 0 bridgehead atoms. The highest BCUT2D eigenvalue weighted by atomic mass is 16.7. The van der Waals surface area contributed by atoms with Crippen molar-refractivity contribution in [3.8, 4) is 17.2 Å². The SMILES string of the molecule is COc1ccc(C(=O)CCC(=O)NCCc2ccc3c(c2)OCO3)cc1. The number of benzene rings is 2. The molecule has 1 aliphatic heterocycles. The van der Waals surface area contributed by atoms with Crippen LogP contribution in [0.15, 0.2) is 42.5 Å². The molecule has 0 aliphatic carbocycles. The molecule has 2 aromatic carbocycles. The third-order valence-corrected chi connectivity index (χ3v) is 4.16. The number of amides is 1. The molecule has 1 amide bonds. The number of carbonyl (C=O) groups excluding carboxylic acids is 2. The molecule has 6 heteroatoms. The van der Waals surface area contributed by atoms with E-state index in [2.05, 4.69) is 5.32 Å². The van der Waals surface area contributed by atoms with E-state index >= 15 is 0 Å². The van der Waals surface area contributed by atoms with Crippen molar-refractivity contribution in [1.29, 1.82) is 0 Å². The van der Waals surface area contributed by atoms with E-state index in [1.807, 2.05) is 18.2 Å². The Kier molecular flexibility index (Phi) is 5.73. The molecule has 0 saturated carbocycles. The van der Waals surface area contributed by atoms with Crippen LogP contribution in [0.2, 0.25) is 0 Å². The van der Waals surface area contributed by atoms with Gasteiger partial charge >= 0.3 is 0 Å². The van der Waals surface area contributed by atoms with Crippen molar-refractivity contribution in [3.05, 3.63) is 53.6 Å². The Labute approximate surface area is 152 Å². The van der Waals surface area contributed by atoms with E-state index in [9.17, 15) is 9.59 Å². The molecule has 0 fully saturated rings. The number of methoxy groups -OCH3 is 1. The van der Waals surface area contributed by atoms with Gasteiger partial charge in [-0.2, -0.15) is 0 Å². The fraction of sp³-hybridized carbons (Fsp3) is 0.300. The van der Waals surface area contributed by atoms with Crippen molar-refractivity contribution in [2.75, 3.05) is 20.4 Å². The fourth-order valence-corrected chi connectivity index (χ4v) is 2.68. The van der Waals surface area contributed by atoms with Crippen LogP contribution in [-0.4, -0.2) is 32.1 Å². The van der Waals surface area contributed by atoms with Gasteiger partial charge in [0.1, 0.15) is 5.75 Å². The number of hydrogen-bond donors (Lipinski definition) is 1. The number of fused-ring (bicyclic) bond motifs is 1. The van der Waals surface area contributed by atoms with Crippen LogP contribution in [0.5, 0.6) is 17.2 Å². The Balaban J connectivity index is 1.39. The van der Waals surface area contributed by atoms with Crippen molar-refractivity contribution >= 4 is 11.7 Å². The van der Waals surface area contributed by atoms with Gasteiger partial charge in [0.15, 0.2) is 17.3 Å². The standard InChI is InChI=1S/C20H21NO5/c1-24-16-5-3-15(4-6-16)17(22)7-9-20(23)21-11-10-14-2-8-18-19(12-14)26-13-25-18/h2-6,8,12H,7,9-11,13H2,1H3,(H,21,23). The number of Topliss-reactive ketones (excluding diaryl/α,β-unsaturated/α-hetero) is 1. The number of nitrogens with one attached hydrogen (secondary N) is 1. The number of ketones is 1. The van der Waals surface area contributed by atoms with Crippen molar-refractivity contribution in [2.24, 2.45) is 0 Å². The molecular formula is C20H21NO5. The molecule has 0 aromatic heterocycles. The lowest BCUT2D eigenvalue weighted by Gasteiger charge is -2.06. The Morgan fingerprint density at radius 1 is 1.04 bits per heavy atom. The normalized spacial score (nSPS) is 11.9. The second kappa shape index (κ2) is 8.38. The average Bonchev–Trinajstić information content (AvgIpc) is 3.14. The molecule has 136 valence electrons. The summed E-state index contributed by atoms with van der Waals surface area (Å²) in [5.41, 5.74) is 1.64. The largest absolute Gasteiger partial charge is 0.497 e. The molecular weight excluding hydrogens is 334 g/mol. The van der Waals surface area contributed by atoms with E-state index < -0.39 is 0 Å². The minimum absolute atomic E-state index is 0.0569. The Morgan fingerprint density at radius 3 is 2.58 bits per heavy atom. The summed E-state index contributed by atoms with van der Waals surface area (Å²) in [4.78, 5) is 24.0. The predicted octanol–water partition coefficient (Wildman–Crippen LogP) is 2.75.